The highest BCUT2D eigenvalue weighted by molar-refractivity contribution is 6.30. The normalized spacial score (nSPS) is 13.6. The molecule has 0 saturated carbocycles. The van der Waals surface area contributed by atoms with Crippen LogP contribution in [0, 0.1) is 29.1 Å². The third-order valence-corrected chi connectivity index (χ3v) is 5.83. The molecule has 33 heavy (non-hydrogen) atoms. The summed E-state index contributed by atoms with van der Waals surface area (Å²) in [7, 11) is 0. The van der Waals surface area contributed by atoms with Gasteiger partial charge in [0.1, 0.15) is 11.6 Å². The first-order chi connectivity index (χ1) is 15.8. The van der Waals surface area contributed by atoms with Gasteiger partial charge in [-0.3, -0.25) is 4.98 Å². The quantitative estimate of drug-likeness (QED) is 0.316. The van der Waals surface area contributed by atoms with E-state index in [1.165, 1.54) is 12.3 Å². The standard InChI is InChI=1S/C25H17ClF5NO/c26-14-10-18(27)21(32-12-14)9-8-16(22-23(30)19(28)11-20(29)24(22)31)17-7-6-13-4-2-1-3-5-15(13)25(17)33/h1-4,6-7,10-12,16,33H,5,8-9H2. The average Bonchev–Trinajstić information content (AvgIpc) is 3.03. The van der Waals surface area contributed by atoms with Gasteiger partial charge in [-0.1, -0.05) is 48.0 Å². The number of hydrogen-bond acceptors (Lipinski definition) is 2. The molecular weight excluding hydrogens is 461 g/mol. The van der Waals surface area contributed by atoms with Crippen LogP contribution in [-0.4, -0.2) is 10.1 Å². The minimum Gasteiger partial charge on any atom is -0.507 e. The minimum atomic E-state index is -1.57. The Balaban J connectivity index is 1.85. The predicted octanol–water partition coefficient (Wildman–Crippen LogP) is 7.03. The molecule has 1 aliphatic carbocycles. The van der Waals surface area contributed by atoms with Crippen molar-refractivity contribution in [3.05, 3.63) is 111 Å². The molecule has 1 unspecified atom stereocenters. The lowest BCUT2D eigenvalue weighted by Gasteiger charge is -2.23. The van der Waals surface area contributed by atoms with E-state index in [4.69, 9.17) is 11.6 Å². The number of phenolic OH excluding ortho intramolecular Hbond substituents is 1. The molecule has 1 N–H and O–H groups in total. The Morgan fingerprint density at radius 2 is 1.70 bits per heavy atom. The molecule has 3 aromatic rings. The first-order valence-electron chi connectivity index (χ1n) is 10.1. The van der Waals surface area contributed by atoms with E-state index in [1.807, 2.05) is 0 Å². The third-order valence-electron chi connectivity index (χ3n) is 5.62. The number of fused-ring (bicyclic) bond motifs is 1. The Morgan fingerprint density at radius 3 is 2.39 bits per heavy atom. The summed E-state index contributed by atoms with van der Waals surface area (Å²) in [5.74, 6) is -8.57. The van der Waals surface area contributed by atoms with Crippen molar-refractivity contribution in [3.63, 3.8) is 0 Å². The molecule has 0 amide bonds. The highest BCUT2D eigenvalue weighted by atomic mass is 35.5. The predicted molar refractivity (Wildman–Crippen MR) is 116 cm³/mol. The molecular formula is C25H17ClF5NO. The number of halogens is 6. The Kier molecular flexibility index (Phi) is 6.51. The fourth-order valence-electron chi connectivity index (χ4n) is 4.01. The van der Waals surface area contributed by atoms with E-state index in [0.29, 0.717) is 17.5 Å². The van der Waals surface area contributed by atoms with Crippen molar-refractivity contribution in [2.24, 2.45) is 0 Å². The molecule has 0 aliphatic heterocycles. The van der Waals surface area contributed by atoms with Crippen molar-refractivity contribution in [1.82, 2.24) is 4.98 Å². The van der Waals surface area contributed by atoms with Crippen LogP contribution in [0.25, 0.3) is 6.08 Å². The molecule has 0 saturated heterocycles. The zero-order valence-electron chi connectivity index (χ0n) is 17.1. The van der Waals surface area contributed by atoms with Crippen LogP contribution in [0.3, 0.4) is 0 Å². The lowest BCUT2D eigenvalue weighted by atomic mass is 9.83. The van der Waals surface area contributed by atoms with Crippen LogP contribution in [0.2, 0.25) is 5.02 Å². The summed E-state index contributed by atoms with van der Waals surface area (Å²) < 4.78 is 71.9. The summed E-state index contributed by atoms with van der Waals surface area (Å²) in [6.45, 7) is 0. The fourth-order valence-corrected chi connectivity index (χ4v) is 4.15. The Labute approximate surface area is 191 Å². The number of aromatic nitrogens is 1. The molecule has 0 bridgehead atoms. The molecule has 1 aromatic heterocycles. The number of hydrogen-bond donors (Lipinski definition) is 1. The van der Waals surface area contributed by atoms with Crippen LogP contribution in [0.4, 0.5) is 22.0 Å². The summed E-state index contributed by atoms with van der Waals surface area (Å²) in [6.07, 6.45) is 8.33. The summed E-state index contributed by atoms with van der Waals surface area (Å²) in [4.78, 5) is 3.90. The van der Waals surface area contributed by atoms with Gasteiger partial charge in [0.05, 0.1) is 10.7 Å². The molecule has 1 heterocycles. The number of rotatable bonds is 5. The Morgan fingerprint density at radius 1 is 0.970 bits per heavy atom. The SMILES string of the molecule is Oc1c(C(CCc2ncc(Cl)cc2F)c2c(F)c(F)cc(F)c2F)ccc2c1CC=CC=C2. The Hall–Kier alpha value is -3.19. The maximum Gasteiger partial charge on any atom is 0.165 e. The number of aryl methyl sites for hydroxylation is 1. The first kappa shape index (κ1) is 23.0. The monoisotopic (exact) mass is 477 g/mol. The van der Waals surface area contributed by atoms with Crippen LogP contribution in [-0.2, 0) is 12.8 Å². The molecule has 4 rings (SSSR count). The summed E-state index contributed by atoms with van der Waals surface area (Å²) in [5.41, 5.74) is 0.335. The van der Waals surface area contributed by atoms with Gasteiger partial charge in [-0.25, -0.2) is 22.0 Å². The number of benzene rings is 2. The van der Waals surface area contributed by atoms with Gasteiger partial charge in [0.15, 0.2) is 23.3 Å². The van der Waals surface area contributed by atoms with Gasteiger partial charge in [0.2, 0.25) is 0 Å². The number of phenols is 1. The van der Waals surface area contributed by atoms with E-state index in [0.717, 1.165) is 6.07 Å². The Bertz CT molecular complexity index is 1260. The molecule has 1 atom stereocenters. The van der Waals surface area contributed by atoms with Crippen molar-refractivity contribution in [2.45, 2.75) is 25.2 Å². The highest BCUT2D eigenvalue weighted by Crippen LogP contribution is 2.41. The fraction of sp³-hybridized carbons (Fsp3) is 0.160. The van der Waals surface area contributed by atoms with Gasteiger partial charge < -0.3 is 5.11 Å². The second-order valence-electron chi connectivity index (χ2n) is 7.62. The van der Waals surface area contributed by atoms with E-state index in [2.05, 4.69) is 4.98 Å². The second kappa shape index (κ2) is 9.35. The van der Waals surface area contributed by atoms with E-state index >= 15 is 0 Å². The molecule has 2 nitrogen and oxygen atoms in total. The van der Waals surface area contributed by atoms with Crippen LogP contribution in [0.15, 0.2) is 48.7 Å². The van der Waals surface area contributed by atoms with Crippen LogP contribution in [0.1, 0.15) is 40.3 Å². The molecule has 0 radical (unpaired) electrons. The van der Waals surface area contributed by atoms with Crippen molar-refractivity contribution in [2.75, 3.05) is 0 Å². The largest absolute Gasteiger partial charge is 0.507 e. The smallest absolute Gasteiger partial charge is 0.165 e. The van der Waals surface area contributed by atoms with Crippen molar-refractivity contribution in [3.8, 4) is 5.75 Å². The van der Waals surface area contributed by atoms with Gasteiger partial charge in [-0.2, -0.15) is 0 Å². The first-order valence-corrected chi connectivity index (χ1v) is 10.5. The average molecular weight is 478 g/mol. The van der Waals surface area contributed by atoms with Crippen molar-refractivity contribution >= 4 is 17.7 Å². The van der Waals surface area contributed by atoms with Crippen LogP contribution in [0.5, 0.6) is 5.75 Å². The van der Waals surface area contributed by atoms with Crippen LogP contribution < -0.4 is 0 Å². The number of aromatic hydroxyl groups is 1. The van der Waals surface area contributed by atoms with E-state index in [9.17, 15) is 27.1 Å². The zero-order valence-corrected chi connectivity index (χ0v) is 17.8. The lowest BCUT2D eigenvalue weighted by Crippen LogP contribution is -2.13. The molecule has 0 fully saturated rings. The van der Waals surface area contributed by atoms with E-state index in [-0.39, 0.29) is 40.9 Å². The second-order valence-corrected chi connectivity index (χ2v) is 8.05. The maximum absolute atomic E-state index is 14.8. The number of pyridine rings is 1. The maximum atomic E-state index is 14.8. The summed E-state index contributed by atoms with van der Waals surface area (Å²) >= 11 is 5.72. The van der Waals surface area contributed by atoms with Gasteiger partial charge in [0, 0.05) is 34.9 Å². The summed E-state index contributed by atoms with van der Waals surface area (Å²) in [6, 6.07) is 4.26. The molecule has 170 valence electrons. The van der Waals surface area contributed by atoms with E-state index < -0.39 is 40.6 Å². The molecule has 1 aliphatic rings. The summed E-state index contributed by atoms with van der Waals surface area (Å²) in [5, 5.41) is 11.1. The third kappa shape index (κ3) is 4.50. The van der Waals surface area contributed by atoms with Crippen LogP contribution >= 0.6 is 11.6 Å². The highest BCUT2D eigenvalue weighted by Gasteiger charge is 2.30. The zero-order chi connectivity index (χ0) is 23.7. The molecule has 2 aromatic carbocycles. The van der Waals surface area contributed by atoms with Crippen molar-refractivity contribution in [1.29, 1.82) is 0 Å². The van der Waals surface area contributed by atoms with Crippen molar-refractivity contribution < 1.29 is 27.1 Å². The van der Waals surface area contributed by atoms with Gasteiger partial charge >= 0.3 is 0 Å². The molecule has 8 heteroatoms. The van der Waals surface area contributed by atoms with Gasteiger partial charge in [-0.05, 0) is 30.9 Å². The number of nitrogens with zero attached hydrogens (tertiary/aromatic N) is 1. The van der Waals surface area contributed by atoms with E-state index in [1.54, 1.807) is 30.4 Å². The lowest BCUT2D eigenvalue weighted by molar-refractivity contribution is 0.421. The molecule has 0 spiro atoms. The minimum absolute atomic E-state index is 0.0396. The topological polar surface area (TPSA) is 33.1 Å². The van der Waals surface area contributed by atoms with Gasteiger partial charge in [0.25, 0.3) is 0 Å². The van der Waals surface area contributed by atoms with Gasteiger partial charge in [-0.15, -0.1) is 0 Å². The number of allylic oxidation sites excluding steroid dienone is 3.